The fourth-order valence-corrected chi connectivity index (χ4v) is 1.95. The third-order valence-corrected chi connectivity index (χ3v) is 3.03. The molecule has 0 aromatic heterocycles. The van der Waals surface area contributed by atoms with Crippen molar-refractivity contribution in [2.24, 2.45) is 5.73 Å². The number of amides is 2. The standard InChI is InChI=1S/C11H24N4O/c1-3-4-5-13-11(16)15-7-6-14(2)9-10(15)8-12/h10H,3-9,12H2,1-2H3,(H,13,16). The van der Waals surface area contributed by atoms with E-state index in [1.54, 1.807) is 0 Å². The SMILES string of the molecule is CCCCNC(=O)N1CCN(C)CC1CN. The summed E-state index contributed by atoms with van der Waals surface area (Å²) in [5.41, 5.74) is 5.70. The molecule has 2 amide bonds. The van der Waals surface area contributed by atoms with Crippen LogP contribution >= 0.6 is 0 Å². The van der Waals surface area contributed by atoms with Crippen molar-refractivity contribution in [3.05, 3.63) is 0 Å². The summed E-state index contributed by atoms with van der Waals surface area (Å²) in [6.07, 6.45) is 2.14. The number of nitrogens with two attached hydrogens (primary N) is 1. The van der Waals surface area contributed by atoms with Gasteiger partial charge in [0.05, 0.1) is 6.04 Å². The van der Waals surface area contributed by atoms with E-state index in [0.717, 1.165) is 39.0 Å². The smallest absolute Gasteiger partial charge is 0.317 e. The lowest BCUT2D eigenvalue weighted by Gasteiger charge is -2.39. The van der Waals surface area contributed by atoms with E-state index in [4.69, 9.17) is 5.73 Å². The number of hydrogen-bond donors (Lipinski definition) is 2. The molecular weight excluding hydrogens is 204 g/mol. The second-order valence-electron chi connectivity index (χ2n) is 4.43. The minimum atomic E-state index is 0.0389. The second-order valence-corrected chi connectivity index (χ2v) is 4.43. The van der Waals surface area contributed by atoms with Gasteiger partial charge in [-0.3, -0.25) is 0 Å². The predicted molar refractivity (Wildman–Crippen MR) is 65.4 cm³/mol. The summed E-state index contributed by atoms with van der Waals surface area (Å²) in [5.74, 6) is 0. The maximum absolute atomic E-state index is 11.9. The summed E-state index contributed by atoms with van der Waals surface area (Å²) in [4.78, 5) is 16.0. The van der Waals surface area contributed by atoms with Crippen LogP contribution in [0.2, 0.25) is 0 Å². The van der Waals surface area contributed by atoms with Gasteiger partial charge in [0.15, 0.2) is 0 Å². The molecule has 3 N–H and O–H groups in total. The van der Waals surface area contributed by atoms with Crippen LogP contribution in [0.15, 0.2) is 0 Å². The van der Waals surface area contributed by atoms with Crippen molar-refractivity contribution in [1.29, 1.82) is 0 Å². The number of carbonyl (C=O) groups is 1. The molecular formula is C11H24N4O. The fourth-order valence-electron chi connectivity index (χ4n) is 1.95. The number of rotatable bonds is 4. The molecule has 1 fully saturated rings. The highest BCUT2D eigenvalue weighted by atomic mass is 16.2. The molecule has 1 unspecified atom stereocenters. The largest absolute Gasteiger partial charge is 0.338 e. The van der Waals surface area contributed by atoms with Gasteiger partial charge < -0.3 is 20.9 Å². The highest BCUT2D eigenvalue weighted by Crippen LogP contribution is 2.07. The number of unbranched alkanes of at least 4 members (excludes halogenated alkanes) is 1. The van der Waals surface area contributed by atoms with E-state index in [9.17, 15) is 4.79 Å². The maximum atomic E-state index is 11.9. The lowest BCUT2D eigenvalue weighted by molar-refractivity contribution is 0.112. The number of carbonyl (C=O) groups excluding carboxylic acids is 1. The second kappa shape index (κ2) is 6.70. The Morgan fingerprint density at radius 1 is 1.50 bits per heavy atom. The van der Waals surface area contributed by atoms with Gasteiger partial charge in [-0.1, -0.05) is 13.3 Å². The average molecular weight is 228 g/mol. The Bertz CT molecular complexity index is 222. The van der Waals surface area contributed by atoms with Crippen LogP contribution in [0.5, 0.6) is 0 Å². The minimum Gasteiger partial charge on any atom is -0.338 e. The third kappa shape index (κ3) is 3.64. The van der Waals surface area contributed by atoms with Gasteiger partial charge in [0.1, 0.15) is 0 Å². The molecule has 16 heavy (non-hydrogen) atoms. The van der Waals surface area contributed by atoms with Gasteiger partial charge >= 0.3 is 6.03 Å². The molecule has 1 aliphatic heterocycles. The summed E-state index contributed by atoms with van der Waals surface area (Å²) < 4.78 is 0. The summed E-state index contributed by atoms with van der Waals surface area (Å²) in [6.45, 7) is 5.99. The Morgan fingerprint density at radius 3 is 2.88 bits per heavy atom. The Kier molecular flexibility index (Phi) is 5.55. The van der Waals surface area contributed by atoms with Gasteiger partial charge in [0, 0.05) is 32.7 Å². The van der Waals surface area contributed by atoms with E-state index in [1.165, 1.54) is 0 Å². The predicted octanol–water partition coefficient (Wildman–Crippen LogP) is 0.0708. The third-order valence-electron chi connectivity index (χ3n) is 3.03. The van der Waals surface area contributed by atoms with Crippen molar-refractivity contribution in [1.82, 2.24) is 15.1 Å². The van der Waals surface area contributed by atoms with Crippen LogP contribution in [0.3, 0.4) is 0 Å². The molecule has 5 heteroatoms. The molecule has 0 aliphatic carbocycles. The lowest BCUT2D eigenvalue weighted by atomic mass is 10.2. The van der Waals surface area contributed by atoms with Crippen molar-refractivity contribution in [2.75, 3.05) is 39.8 Å². The zero-order valence-corrected chi connectivity index (χ0v) is 10.4. The molecule has 1 saturated heterocycles. The Labute approximate surface area is 98.0 Å². The van der Waals surface area contributed by atoms with Crippen LogP contribution in [0.1, 0.15) is 19.8 Å². The zero-order chi connectivity index (χ0) is 12.0. The van der Waals surface area contributed by atoms with Crippen LogP contribution in [0, 0.1) is 0 Å². The van der Waals surface area contributed by atoms with E-state index in [1.807, 2.05) is 4.90 Å². The Hall–Kier alpha value is -0.810. The fraction of sp³-hybridized carbons (Fsp3) is 0.909. The van der Waals surface area contributed by atoms with Gasteiger partial charge in [0.25, 0.3) is 0 Å². The average Bonchev–Trinajstić information content (AvgIpc) is 2.29. The van der Waals surface area contributed by atoms with Crippen molar-refractivity contribution in [2.45, 2.75) is 25.8 Å². The number of piperazine rings is 1. The van der Waals surface area contributed by atoms with E-state index in [2.05, 4.69) is 24.2 Å². The number of nitrogens with one attached hydrogen (secondary N) is 1. The molecule has 1 rings (SSSR count). The highest BCUT2D eigenvalue weighted by Gasteiger charge is 2.27. The van der Waals surface area contributed by atoms with Crippen LogP contribution < -0.4 is 11.1 Å². The number of likely N-dealkylation sites (N-methyl/N-ethyl adjacent to an activating group) is 1. The molecule has 1 heterocycles. The molecule has 1 atom stereocenters. The van der Waals surface area contributed by atoms with E-state index in [-0.39, 0.29) is 12.1 Å². The maximum Gasteiger partial charge on any atom is 0.317 e. The summed E-state index contributed by atoms with van der Waals surface area (Å²) >= 11 is 0. The first-order chi connectivity index (χ1) is 7.69. The quantitative estimate of drug-likeness (QED) is 0.669. The van der Waals surface area contributed by atoms with Crippen molar-refractivity contribution < 1.29 is 4.79 Å². The van der Waals surface area contributed by atoms with Gasteiger partial charge in [-0.2, -0.15) is 0 Å². The molecule has 5 nitrogen and oxygen atoms in total. The van der Waals surface area contributed by atoms with Gasteiger partial charge in [-0.05, 0) is 13.5 Å². The minimum absolute atomic E-state index is 0.0389. The molecule has 94 valence electrons. The molecule has 0 aromatic rings. The first-order valence-corrected chi connectivity index (χ1v) is 6.12. The number of nitrogens with zero attached hydrogens (tertiary/aromatic N) is 2. The van der Waals surface area contributed by atoms with E-state index < -0.39 is 0 Å². The number of hydrogen-bond acceptors (Lipinski definition) is 3. The van der Waals surface area contributed by atoms with Gasteiger partial charge in [-0.15, -0.1) is 0 Å². The first kappa shape index (κ1) is 13.3. The van der Waals surface area contributed by atoms with E-state index >= 15 is 0 Å². The van der Waals surface area contributed by atoms with Crippen LogP contribution in [0.25, 0.3) is 0 Å². The highest BCUT2D eigenvalue weighted by molar-refractivity contribution is 5.74. The van der Waals surface area contributed by atoms with Crippen LogP contribution in [0.4, 0.5) is 4.79 Å². The topological polar surface area (TPSA) is 61.6 Å². The summed E-state index contributed by atoms with van der Waals surface area (Å²) in [7, 11) is 2.06. The monoisotopic (exact) mass is 228 g/mol. The first-order valence-electron chi connectivity index (χ1n) is 6.12. The summed E-state index contributed by atoms with van der Waals surface area (Å²) in [5, 5.41) is 2.95. The zero-order valence-electron chi connectivity index (χ0n) is 10.4. The summed E-state index contributed by atoms with van der Waals surface area (Å²) in [6, 6.07) is 0.192. The number of urea groups is 1. The Balaban J connectivity index is 2.40. The van der Waals surface area contributed by atoms with Crippen molar-refractivity contribution in [3.8, 4) is 0 Å². The normalized spacial score (nSPS) is 22.2. The molecule has 0 saturated carbocycles. The van der Waals surface area contributed by atoms with Crippen molar-refractivity contribution in [3.63, 3.8) is 0 Å². The Morgan fingerprint density at radius 2 is 2.25 bits per heavy atom. The van der Waals surface area contributed by atoms with Crippen LogP contribution in [-0.4, -0.2) is 61.6 Å². The molecule has 0 spiro atoms. The van der Waals surface area contributed by atoms with Crippen LogP contribution in [-0.2, 0) is 0 Å². The van der Waals surface area contributed by atoms with Crippen molar-refractivity contribution >= 4 is 6.03 Å². The van der Waals surface area contributed by atoms with Gasteiger partial charge in [-0.25, -0.2) is 4.79 Å². The van der Waals surface area contributed by atoms with E-state index in [0.29, 0.717) is 6.54 Å². The molecule has 0 radical (unpaired) electrons. The molecule has 0 bridgehead atoms. The van der Waals surface area contributed by atoms with Gasteiger partial charge in [0.2, 0.25) is 0 Å². The molecule has 0 aromatic carbocycles. The lowest BCUT2D eigenvalue weighted by Crippen LogP contribution is -2.59. The molecule has 1 aliphatic rings.